The zero-order valence-electron chi connectivity index (χ0n) is 21.5. The van der Waals surface area contributed by atoms with Crippen LogP contribution in [0.3, 0.4) is 0 Å². The Kier molecular flexibility index (Phi) is 6.72. The highest BCUT2D eigenvalue weighted by atomic mass is 19.1. The first-order chi connectivity index (χ1) is 18.6. The Morgan fingerprint density at radius 2 is 1.92 bits per heavy atom. The molecule has 3 aliphatic rings. The van der Waals surface area contributed by atoms with Crippen molar-refractivity contribution in [3.05, 3.63) is 47.5 Å². The Labute approximate surface area is 220 Å². The minimum atomic E-state index is -0.504. The van der Waals surface area contributed by atoms with Crippen LogP contribution in [0.2, 0.25) is 0 Å². The number of fused-ring (bicyclic) bond motifs is 1. The Bertz CT molecular complexity index is 1370. The fourth-order valence-corrected chi connectivity index (χ4v) is 5.86. The Morgan fingerprint density at radius 1 is 1.16 bits per heavy atom. The van der Waals surface area contributed by atoms with Crippen molar-refractivity contribution < 1.29 is 18.7 Å². The fourth-order valence-electron chi connectivity index (χ4n) is 5.86. The van der Waals surface area contributed by atoms with E-state index < -0.39 is 5.97 Å². The second kappa shape index (κ2) is 10.3. The fraction of sp³-hybridized carbons (Fsp3) is 0.500. The first-order valence-electron chi connectivity index (χ1n) is 13.3. The number of methoxy groups -OCH3 is 1. The predicted octanol–water partition coefficient (Wildman–Crippen LogP) is 3.81. The number of hydrogen-bond donors (Lipinski definition) is 0. The van der Waals surface area contributed by atoms with Gasteiger partial charge in [0.1, 0.15) is 5.82 Å². The van der Waals surface area contributed by atoms with Gasteiger partial charge in [-0.1, -0.05) is 6.42 Å². The van der Waals surface area contributed by atoms with Gasteiger partial charge >= 0.3 is 5.97 Å². The second-order valence-electron chi connectivity index (χ2n) is 10.3. The summed E-state index contributed by atoms with van der Waals surface area (Å²) in [6, 6.07) is 10.6. The maximum absolute atomic E-state index is 13.7. The van der Waals surface area contributed by atoms with E-state index in [1.165, 1.54) is 19.2 Å². The first-order valence-corrected chi connectivity index (χ1v) is 13.3. The van der Waals surface area contributed by atoms with Gasteiger partial charge in [0.25, 0.3) is 0 Å². The van der Waals surface area contributed by atoms with E-state index in [9.17, 15) is 14.4 Å². The molecule has 0 bridgehead atoms. The van der Waals surface area contributed by atoms with Crippen molar-refractivity contribution in [2.24, 2.45) is 0 Å². The quantitative estimate of drug-likeness (QED) is 0.471. The van der Waals surface area contributed by atoms with Crippen LogP contribution in [0.4, 0.5) is 10.1 Å². The monoisotopic (exact) mass is 518 g/mol. The topological polar surface area (TPSA) is 96.5 Å². The number of ether oxygens (including phenoxy) is 2. The van der Waals surface area contributed by atoms with Crippen molar-refractivity contribution in [3.63, 3.8) is 0 Å². The van der Waals surface area contributed by atoms with Crippen LogP contribution in [0.5, 0.6) is 0 Å². The molecular formula is C28H31FN6O3. The standard InChI is InChI=1S/C28H31FN6O3/c1-37-28(36)23-15-24(33-11-9-20(10-12-33)34-13-14-38-22(16-30)17-34)25-26(18-3-2-4-18)32-35(27(25)31-23)21-7-5-19(29)6-8-21/h5-8,15,18,20,22H,2-4,9-14,17H2,1H3. The summed E-state index contributed by atoms with van der Waals surface area (Å²) in [6.07, 6.45) is 4.81. The number of esters is 1. The zero-order chi connectivity index (χ0) is 26.2. The van der Waals surface area contributed by atoms with E-state index in [-0.39, 0.29) is 17.6 Å². The lowest BCUT2D eigenvalue weighted by molar-refractivity contribution is -0.0208. The Balaban J connectivity index is 1.39. The van der Waals surface area contributed by atoms with Crippen LogP contribution in [0.1, 0.15) is 54.2 Å². The average molecular weight is 519 g/mol. The zero-order valence-corrected chi connectivity index (χ0v) is 21.5. The van der Waals surface area contributed by atoms with Gasteiger partial charge in [-0.25, -0.2) is 18.9 Å². The third-order valence-corrected chi connectivity index (χ3v) is 8.17. The Morgan fingerprint density at radius 3 is 2.58 bits per heavy atom. The molecule has 3 aromatic rings. The third-order valence-electron chi connectivity index (χ3n) is 8.17. The van der Waals surface area contributed by atoms with Gasteiger partial charge in [0, 0.05) is 38.1 Å². The number of carbonyl (C=O) groups excluding carboxylic acids is 1. The van der Waals surface area contributed by atoms with Crippen molar-refractivity contribution in [1.82, 2.24) is 19.7 Å². The molecule has 0 amide bonds. The molecule has 2 aliphatic heterocycles. The maximum atomic E-state index is 13.7. The summed E-state index contributed by atoms with van der Waals surface area (Å²) >= 11 is 0. The number of hydrogen-bond acceptors (Lipinski definition) is 8. The molecule has 198 valence electrons. The summed E-state index contributed by atoms with van der Waals surface area (Å²) in [7, 11) is 1.35. The molecule has 3 fully saturated rings. The molecule has 1 aromatic carbocycles. The molecule has 0 spiro atoms. The lowest BCUT2D eigenvalue weighted by Gasteiger charge is -2.42. The number of aromatic nitrogens is 3. The number of anilines is 1. The number of nitriles is 1. The molecule has 38 heavy (non-hydrogen) atoms. The molecule has 0 N–H and O–H groups in total. The molecule has 1 atom stereocenters. The summed E-state index contributed by atoms with van der Waals surface area (Å²) in [5, 5.41) is 15.3. The average Bonchev–Trinajstić information content (AvgIpc) is 3.30. The molecule has 2 aromatic heterocycles. The van der Waals surface area contributed by atoms with Crippen molar-refractivity contribution in [3.8, 4) is 11.8 Å². The van der Waals surface area contributed by atoms with Crippen molar-refractivity contribution >= 4 is 22.7 Å². The van der Waals surface area contributed by atoms with Crippen LogP contribution in [0, 0.1) is 17.1 Å². The van der Waals surface area contributed by atoms with Crippen molar-refractivity contribution in [1.29, 1.82) is 5.26 Å². The van der Waals surface area contributed by atoms with Gasteiger partial charge in [-0.3, -0.25) is 4.90 Å². The number of benzene rings is 1. The van der Waals surface area contributed by atoms with Gasteiger partial charge in [0.05, 0.1) is 42.2 Å². The summed E-state index contributed by atoms with van der Waals surface area (Å²) < 4.78 is 26.0. The second-order valence-corrected chi connectivity index (χ2v) is 10.3. The first kappa shape index (κ1) is 24.8. The van der Waals surface area contributed by atoms with Gasteiger partial charge in [-0.2, -0.15) is 10.4 Å². The summed E-state index contributed by atoms with van der Waals surface area (Å²) in [4.78, 5) is 22.1. The largest absolute Gasteiger partial charge is 0.464 e. The highest BCUT2D eigenvalue weighted by Crippen LogP contribution is 2.43. The van der Waals surface area contributed by atoms with Crippen molar-refractivity contribution in [2.75, 3.05) is 44.8 Å². The lowest BCUT2D eigenvalue weighted by Crippen LogP contribution is -2.51. The SMILES string of the molecule is COC(=O)c1cc(N2CCC(N3CCOC(C#N)C3)CC2)c2c(C3CCC3)nn(-c3ccc(F)cc3)c2n1. The number of halogens is 1. The van der Waals surface area contributed by atoms with Gasteiger partial charge in [-0.15, -0.1) is 0 Å². The molecule has 1 saturated carbocycles. The molecular weight excluding hydrogens is 487 g/mol. The molecule has 2 saturated heterocycles. The van der Waals surface area contributed by atoms with Crippen LogP contribution in [-0.4, -0.2) is 77.7 Å². The van der Waals surface area contributed by atoms with Gasteiger partial charge in [0.2, 0.25) is 0 Å². The molecule has 4 heterocycles. The summed E-state index contributed by atoms with van der Waals surface area (Å²) in [6.45, 7) is 3.68. The van der Waals surface area contributed by atoms with E-state index in [2.05, 4.69) is 15.9 Å². The normalized spacial score (nSPS) is 21.3. The minimum Gasteiger partial charge on any atom is -0.464 e. The van der Waals surface area contributed by atoms with Crippen LogP contribution in [-0.2, 0) is 9.47 Å². The molecule has 1 aliphatic carbocycles. The smallest absolute Gasteiger partial charge is 0.356 e. The van der Waals surface area contributed by atoms with Crippen LogP contribution < -0.4 is 4.90 Å². The molecule has 9 nitrogen and oxygen atoms in total. The number of morpholine rings is 1. The van der Waals surface area contributed by atoms with Gasteiger partial charge in [0.15, 0.2) is 17.4 Å². The van der Waals surface area contributed by atoms with E-state index >= 15 is 0 Å². The highest BCUT2D eigenvalue weighted by molar-refractivity contribution is 5.99. The lowest BCUT2D eigenvalue weighted by atomic mass is 9.82. The number of rotatable bonds is 5. The maximum Gasteiger partial charge on any atom is 0.356 e. The highest BCUT2D eigenvalue weighted by Gasteiger charge is 2.33. The van der Waals surface area contributed by atoms with E-state index in [0.717, 1.165) is 68.5 Å². The molecule has 6 rings (SSSR count). The van der Waals surface area contributed by atoms with E-state index in [4.69, 9.17) is 19.6 Å². The number of piperidine rings is 1. The number of pyridine rings is 1. The number of nitrogens with zero attached hydrogens (tertiary/aromatic N) is 6. The Hall–Kier alpha value is -3.55. The molecule has 0 radical (unpaired) electrons. The minimum absolute atomic E-state index is 0.227. The van der Waals surface area contributed by atoms with E-state index in [1.807, 2.05) is 6.07 Å². The molecule has 1 unspecified atom stereocenters. The van der Waals surface area contributed by atoms with Gasteiger partial charge in [-0.05, 0) is 56.0 Å². The number of carbonyl (C=O) groups is 1. The van der Waals surface area contributed by atoms with Crippen LogP contribution in [0.25, 0.3) is 16.7 Å². The van der Waals surface area contributed by atoms with Crippen LogP contribution in [0.15, 0.2) is 30.3 Å². The van der Waals surface area contributed by atoms with E-state index in [1.54, 1.807) is 16.8 Å². The third kappa shape index (κ3) is 4.50. The summed E-state index contributed by atoms with van der Waals surface area (Å²) in [5.41, 5.74) is 3.44. The predicted molar refractivity (Wildman–Crippen MR) is 139 cm³/mol. The van der Waals surface area contributed by atoms with Crippen LogP contribution >= 0.6 is 0 Å². The van der Waals surface area contributed by atoms with Gasteiger partial charge < -0.3 is 14.4 Å². The van der Waals surface area contributed by atoms with Crippen molar-refractivity contribution in [2.45, 2.75) is 50.2 Å². The molecule has 10 heteroatoms. The van der Waals surface area contributed by atoms with E-state index in [0.29, 0.717) is 36.4 Å². The summed E-state index contributed by atoms with van der Waals surface area (Å²) in [5.74, 6) is -0.494.